The van der Waals surface area contributed by atoms with Gasteiger partial charge in [0, 0.05) is 30.1 Å². The number of amides is 1. The molecule has 2 N–H and O–H groups in total. The van der Waals surface area contributed by atoms with Gasteiger partial charge in [-0.25, -0.2) is 8.91 Å². The van der Waals surface area contributed by atoms with Crippen LogP contribution in [-0.4, -0.2) is 31.7 Å². The molecule has 0 fully saturated rings. The predicted molar refractivity (Wildman–Crippen MR) is 94.1 cm³/mol. The Balaban J connectivity index is 2.06. The summed E-state index contributed by atoms with van der Waals surface area (Å²) in [5.41, 5.74) is 1.09. The molecule has 0 spiro atoms. The van der Waals surface area contributed by atoms with Gasteiger partial charge in [0.25, 0.3) is 5.56 Å². The summed E-state index contributed by atoms with van der Waals surface area (Å²) < 4.78 is 15.8. The summed E-state index contributed by atoms with van der Waals surface area (Å²) in [6.45, 7) is 1.96. The van der Waals surface area contributed by atoms with Crippen molar-refractivity contribution in [3.05, 3.63) is 58.4 Å². The van der Waals surface area contributed by atoms with Crippen molar-refractivity contribution in [3.8, 4) is 11.3 Å². The zero-order valence-corrected chi connectivity index (χ0v) is 14.3. The molecular formula is C18H19FN4O3. The zero-order chi connectivity index (χ0) is 18.7. The van der Waals surface area contributed by atoms with Crippen molar-refractivity contribution in [2.24, 2.45) is 0 Å². The van der Waals surface area contributed by atoms with Gasteiger partial charge in [-0.15, -0.1) is 0 Å². The molecule has 2 heterocycles. The fourth-order valence-electron chi connectivity index (χ4n) is 2.74. The van der Waals surface area contributed by atoms with E-state index < -0.39 is 12.2 Å². The van der Waals surface area contributed by atoms with E-state index in [-0.39, 0.29) is 23.8 Å². The minimum absolute atomic E-state index is 0.114. The van der Waals surface area contributed by atoms with E-state index in [1.54, 1.807) is 6.20 Å². The molecule has 0 saturated carbocycles. The Hall–Kier alpha value is -3.00. The Morgan fingerprint density at radius 3 is 2.65 bits per heavy atom. The number of rotatable bonds is 6. The van der Waals surface area contributed by atoms with E-state index in [4.69, 9.17) is 0 Å². The smallest absolute Gasteiger partial charge is 0.277 e. The van der Waals surface area contributed by atoms with Crippen molar-refractivity contribution in [3.63, 3.8) is 0 Å². The number of aliphatic hydroxyl groups excluding tert-OH is 1. The molecule has 1 aromatic carbocycles. The first-order valence-corrected chi connectivity index (χ1v) is 8.29. The molecule has 136 valence electrons. The number of aromatic nitrogens is 3. The third kappa shape index (κ3) is 3.36. The van der Waals surface area contributed by atoms with Crippen LogP contribution in [0, 0.1) is 5.82 Å². The zero-order valence-electron chi connectivity index (χ0n) is 14.3. The highest BCUT2D eigenvalue weighted by Gasteiger charge is 2.18. The molecule has 3 aromatic rings. The minimum Gasteiger partial charge on any atom is -0.392 e. The molecule has 0 saturated heterocycles. The van der Waals surface area contributed by atoms with Crippen LogP contribution in [0.25, 0.3) is 16.8 Å². The number of benzene rings is 1. The van der Waals surface area contributed by atoms with Crippen LogP contribution in [0.4, 0.5) is 4.39 Å². The Labute approximate surface area is 148 Å². The molecule has 0 atom stereocenters. The van der Waals surface area contributed by atoms with Crippen LogP contribution in [0.15, 0.2) is 41.5 Å². The molecule has 1 amide bonds. The highest BCUT2D eigenvalue weighted by Crippen LogP contribution is 2.25. The molecule has 3 rings (SSSR count). The Morgan fingerprint density at radius 2 is 2.00 bits per heavy atom. The van der Waals surface area contributed by atoms with Crippen molar-refractivity contribution >= 4 is 11.4 Å². The second-order valence-electron chi connectivity index (χ2n) is 5.87. The molecule has 0 aliphatic carbocycles. The Bertz CT molecular complexity index is 992. The SMILES string of the molecule is CCCNC(=O)Cn1ccn2nc(-c3ccc(F)cc3)c(CO)c2c1=O. The number of carbonyl (C=O) groups is 1. The van der Waals surface area contributed by atoms with Gasteiger partial charge in [-0.05, 0) is 30.7 Å². The standard InChI is InChI=1S/C18H19FN4O3/c1-2-7-20-15(25)10-22-8-9-23-17(18(22)26)14(11-24)16(21-23)12-3-5-13(19)6-4-12/h3-6,8-9,24H,2,7,10-11H2,1H3,(H,20,25). The summed E-state index contributed by atoms with van der Waals surface area (Å²) in [5, 5.41) is 16.8. The van der Waals surface area contributed by atoms with Gasteiger partial charge in [0.2, 0.25) is 5.91 Å². The first-order chi connectivity index (χ1) is 12.5. The number of nitrogens with one attached hydrogen (secondary N) is 1. The second kappa shape index (κ2) is 7.49. The topological polar surface area (TPSA) is 88.6 Å². The van der Waals surface area contributed by atoms with E-state index in [0.717, 1.165) is 6.42 Å². The summed E-state index contributed by atoms with van der Waals surface area (Å²) in [6.07, 6.45) is 3.83. The van der Waals surface area contributed by atoms with Crippen LogP contribution in [0.5, 0.6) is 0 Å². The van der Waals surface area contributed by atoms with Gasteiger partial charge < -0.3 is 15.0 Å². The summed E-state index contributed by atoms with van der Waals surface area (Å²) in [6, 6.07) is 5.65. The van der Waals surface area contributed by atoms with E-state index in [2.05, 4.69) is 10.4 Å². The maximum absolute atomic E-state index is 13.2. The highest BCUT2D eigenvalue weighted by molar-refractivity contribution is 5.76. The molecule has 0 unspecified atom stereocenters. The Morgan fingerprint density at radius 1 is 1.27 bits per heavy atom. The quantitative estimate of drug-likeness (QED) is 0.696. The van der Waals surface area contributed by atoms with E-state index in [1.165, 1.54) is 39.5 Å². The van der Waals surface area contributed by atoms with Crippen LogP contribution in [0.2, 0.25) is 0 Å². The lowest BCUT2D eigenvalue weighted by atomic mass is 10.1. The van der Waals surface area contributed by atoms with E-state index in [0.29, 0.717) is 23.4 Å². The molecule has 0 bridgehead atoms. The van der Waals surface area contributed by atoms with E-state index in [1.807, 2.05) is 6.92 Å². The van der Waals surface area contributed by atoms with Crippen LogP contribution in [-0.2, 0) is 17.9 Å². The average Bonchev–Trinajstić information content (AvgIpc) is 3.02. The monoisotopic (exact) mass is 358 g/mol. The van der Waals surface area contributed by atoms with E-state index in [9.17, 15) is 19.1 Å². The van der Waals surface area contributed by atoms with Crippen molar-refractivity contribution in [2.45, 2.75) is 26.5 Å². The van der Waals surface area contributed by atoms with Crippen molar-refractivity contribution in [1.29, 1.82) is 0 Å². The van der Waals surface area contributed by atoms with Crippen LogP contribution < -0.4 is 10.9 Å². The number of hydrogen-bond acceptors (Lipinski definition) is 4. The van der Waals surface area contributed by atoms with Crippen LogP contribution in [0.1, 0.15) is 18.9 Å². The first-order valence-electron chi connectivity index (χ1n) is 8.29. The molecular weight excluding hydrogens is 339 g/mol. The largest absolute Gasteiger partial charge is 0.392 e. The lowest BCUT2D eigenvalue weighted by Crippen LogP contribution is -2.33. The van der Waals surface area contributed by atoms with Gasteiger partial charge in [-0.1, -0.05) is 6.92 Å². The lowest BCUT2D eigenvalue weighted by Gasteiger charge is -2.07. The van der Waals surface area contributed by atoms with Gasteiger partial charge in [0.05, 0.1) is 12.3 Å². The fourth-order valence-corrected chi connectivity index (χ4v) is 2.74. The summed E-state index contributed by atoms with van der Waals surface area (Å²) in [7, 11) is 0. The number of nitrogens with zero attached hydrogens (tertiary/aromatic N) is 3. The molecule has 0 radical (unpaired) electrons. The van der Waals surface area contributed by atoms with Gasteiger partial charge in [-0.3, -0.25) is 9.59 Å². The fraction of sp³-hybridized carbons (Fsp3) is 0.278. The van der Waals surface area contributed by atoms with Gasteiger partial charge in [0.1, 0.15) is 17.9 Å². The van der Waals surface area contributed by atoms with Gasteiger partial charge in [0.15, 0.2) is 0 Å². The van der Waals surface area contributed by atoms with Crippen molar-refractivity contribution < 1.29 is 14.3 Å². The molecule has 26 heavy (non-hydrogen) atoms. The third-order valence-corrected chi connectivity index (χ3v) is 4.02. The average molecular weight is 358 g/mol. The normalized spacial score (nSPS) is 11.0. The summed E-state index contributed by atoms with van der Waals surface area (Å²) >= 11 is 0. The number of halogens is 1. The lowest BCUT2D eigenvalue weighted by molar-refractivity contribution is -0.121. The number of aliphatic hydroxyl groups is 1. The van der Waals surface area contributed by atoms with Gasteiger partial charge >= 0.3 is 0 Å². The highest BCUT2D eigenvalue weighted by atomic mass is 19.1. The van der Waals surface area contributed by atoms with Crippen LogP contribution >= 0.6 is 0 Å². The first kappa shape index (κ1) is 17.8. The number of fused-ring (bicyclic) bond motifs is 1. The minimum atomic E-state index is -0.427. The number of hydrogen-bond donors (Lipinski definition) is 2. The molecule has 0 aliphatic rings. The second-order valence-corrected chi connectivity index (χ2v) is 5.87. The van der Waals surface area contributed by atoms with E-state index >= 15 is 0 Å². The van der Waals surface area contributed by atoms with Gasteiger partial charge in [-0.2, -0.15) is 5.10 Å². The molecule has 7 nitrogen and oxygen atoms in total. The third-order valence-electron chi connectivity index (χ3n) is 4.02. The summed E-state index contributed by atoms with van der Waals surface area (Å²) in [4.78, 5) is 24.7. The number of carbonyl (C=O) groups excluding carboxylic acids is 1. The predicted octanol–water partition coefficient (Wildman–Crippen LogP) is 1.32. The van der Waals surface area contributed by atoms with Crippen LogP contribution in [0.3, 0.4) is 0 Å². The molecule has 0 aliphatic heterocycles. The summed E-state index contributed by atoms with van der Waals surface area (Å²) in [5.74, 6) is -0.648. The maximum atomic E-state index is 13.2. The maximum Gasteiger partial charge on any atom is 0.277 e. The molecule has 2 aromatic heterocycles. The molecule has 8 heteroatoms. The van der Waals surface area contributed by atoms with Crippen molar-refractivity contribution in [1.82, 2.24) is 19.5 Å². The van der Waals surface area contributed by atoms with Crippen molar-refractivity contribution in [2.75, 3.05) is 6.54 Å². The Kier molecular flexibility index (Phi) is 5.13.